The number of rotatable bonds is 5. The molecule has 6 nitrogen and oxygen atoms in total. The number of benzene rings is 1. The summed E-state index contributed by atoms with van der Waals surface area (Å²) in [7, 11) is -1.70. The molecule has 0 bridgehead atoms. The highest BCUT2D eigenvalue weighted by Crippen LogP contribution is 2.25. The normalized spacial score (nSPS) is 16.2. The van der Waals surface area contributed by atoms with Gasteiger partial charge in [-0.25, -0.2) is 8.42 Å². The Kier molecular flexibility index (Phi) is 8.07. The van der Waals surface area contributed by atoms with Gasteiger partial charge in [-0.05, 0) is 30.2 Å². The monoisotopic (exact) mass is 403 g/mol. The molecule has 8 heteroatoms. The van der Waals surface area contributed by atoms with Crippen LogP contribution in [0.15, 0.2) is 29.2 Å². The fraction of sp³-hybridized carbons (Fsp3) is 0.611. The van der Waals surface area contributed by atoms with E-state index < -0.39 is 10.0 Å². The van der Waals surface area contributed by atoms with E-state index in [1.807, 2.05) is 19.2 Å². The third kappa shape index (κ3) is 5.42. The summed E-state index contributed by atoms with van der Waals surface area (Å²) in [6.07, 6.45) is 0.442. The van der Waals surface area contributed by atoms with Crippen LogP contribution in [0.4, 0.5) is 0 Å². The molecule has 1 amide bonds. The molecule has 1 heterocycles. The summed E-state index contributed by atoms with van der Waals surface area (Å²) in [5.74, 6) is 0.0703. The summed E-state index contributed by atoms with van der Waals surface area (Å²) in [6, 6.07) is 7.12. The topological polar surface area (TPSA) is 69.7 Å². The Morgan fingerprint density at radius 2 is 1.62 bits per heavy atom. The van der Waals surface area contributed by atoms with Crippen molar-refractivity contribution in [1.29, 1.82) is 0 Å². The summed E-state index contributed by atoms with van der Waals surface area (Å²) in [5, 5.41) is 2.95. The quantitative estimate of drug-likeness (QED) is 0.814. The Morgan fingerprint density at radius 3 is 2.08 bits per heavy atom. The molecule has 0 saturated carbocycles. The van der Waals surface area contributed by atoms with Crippen molar-refractivity contribution in [2.75, 3.05) is 39.8 Å². The van der Waals surface area contributed by atoms with Crippen molar-refractivity contribution in [2.45, 2.75) is 37.5 Å². The number of halogens is 1. The summed E-state index contributed by atoms with van der Waals surface area (Å²) in [5.41, 5.74) is 1.09. The fourth-order valence-electron chi connectivity index (χ4n) is 2.84. The van der Waals surface area contributed by atoms with Gasteiger partial charge in [-0.15, -0.1) is 12.4 Å². The van der Waals surface area contributed by atoms with Crippen molar-refractivity contribution in [1.82, 2.24) is 14.5 Å². The van der Waals surface area contributed by atoms with Gasteiger partial charge in [0.25, 0.3) is 0 Å². The highest BCUT2D eigenvalue weighted by molar-refractivity contribution is 7.89. The van der Waals surface area contributed by atoms with Crippen molar-refractivity contribution in [3.05, 3.63) is 29.8 Å². The summed E-state index contributed by atoms with van der Waals surface area (Å²) in [4.78, 5) is 14.1. The number of sulfonamides is 1. The highest BCUT2D eigenvalue weighted by Gasteiger charge is 2.30. The minimum Gasteiger partial charge on any atom is -0.340 e. The molecule has 0 atom stereocenters. The molecule has 1 aliphatic rings. The van der Waals surface area contributed by atoms with E-state index in [9.17, 15) is 13.2 Å². The van der Waals surface area contributed by atoms with Crippen LogP contribution in [0.5, 0.6) is 0 Å². The van der Waals surface area contributed by atoms with Gasteiger partial charge in [-0.2, -0.15) is 4.31 Å². The van der Waals surface area contributed by atoms with Crippen LogP contribution in [0.3, 0.4) is 0 Å². The number of amides is 1. The van der Waals surface area contributed by atoms with Gasteiger partial charge in [0.15, 0.2) is 0 Å². The molecule has 26 heavy (non-hydrogen) atoms. The fourth-order valence-corrected chi connectivity index (χ4v) is 4.27. The number of nitrogens with one attached hydrogen (secondary N) is 1. The molecule has 1 N–H and O–H groups in total. The predicted molar refractivity (Wildman–Crippen MR) is 106 cm³/mol. The molecular weight excluding hydrogens is 374 g/mol. The number of nitrogens with zero attached hydrogens (tertiary/aromatic N) is 2. The molecule has 2 rings (SSSR count). The lowest BCUT2D eigenvalue weighted by Crippen LogP contribution is -2.50. The summed E-state index contributed by atoms with van der Waals surface area (Å²) < 4.78 is 27.1. The standard InChI is InChI=1S/C18H29N3O3S.ClH/c1-18(2,3)15-5-7-16(8-6-15)25(23,24)21-13-11-20(12-14-21)17(22)9-10-19-4;/h5-8,19H,9-14H2,1-4H3;1H. The average Bonchev–Trinajstić information content (AvgIpc) is 2.59. The van der Waals surface area contributed by atoms with Crippen LogP contribution in [0.1, 0.15) is 32.8 Å². The van der Waals surface area contributed by atoms with E-state index in [0.717, 1.165) is 5.56 Å². The van der Waals surface area contributed by atoms with E-state index in [-0.39, 0.29) is 23.7 Å². The van der Waals surface area contributed by atoms with E-state index in [4.69, 9.17) is 0 Å². The Bertz CT molecular complexity index is 691. The van der Waals surface area contributed by atoms with Gasteiger partial charge in [-0.3, -0.25) is 4.79 Å². The lowest BCUT2D eigenvalue weighted by Gasteiger charge is -2.34. The minimum atomic E-state index is -3.51. The van der Waals surface area contributed by atoms with Gasteiger partial charge >= 0.3 is 0 Å². The van der Waals surface area contributed by atoms with Gasteiger partial charge in [-0.1, -0.05) is 32.9 Å². The molecule has 0 spiro atoms. The Hall–Kier alpha value is -1.15. The van der Waals surface area contributed by atoms with Gasteiger partial charge in [0.05, 0.1) is 4.90 Å². The minimum absolute atomic E-state index is 0. The van der Waals surface area contributed by atoms with E-state index in [2.05, 4.69) is 26.1 Å². The summed E-state index contributed by atoms with van der Waals surface area (Å²) >= 11 is 0. The first-order valence-electron chi connectivity index (χ1n) is 8.69. The smallest absolute Gasteiger partial charge is 0.243 e. The first-order chi connectivity index (χ1) is 11.7. The van der Waals surface area contributed by atoms with Crippen molar-refractivity contribution < 1.29 is 13.2 Å². The van der Waals surface area contributed by atoms with Crippen LogP contribution in [0, 0.1) is 0 Å². The molecule has 1 fully saturated rings. The second-order valence-electron chi connectivity index (χ2n) is 7.41. The van der Waals surface area contributed by atoms with Gasteiger partial charge in [0.1, 0.15) is 0 Å². The maximum absolute atomic E-state index is 12.8. The molecule has 0 radical (unpaired) electrons. The molecule has 0 unspecified atom stereocenters. The van der Waals surface area contributed by atoms with Gasteiger partial charge in [0.2, 0.25) is 15.9 Å². The number of carbonyl (C=O) groups is 1. The van der Waals surface area contributed by atoms with Gasteiger partial charge in [0, 0.05) is 39.1 Å². The van der Waals surface area contributed by atoms with Crippen LogP contribution in [0.25, 0.3) is 0 Å². The van der Waals surface area contributed by atoms with Crippen molar-refractivity contribution in [2.24, 2.45) is 0 Å². The second-order valence-corrected chi connectivity index (χ2v) is 9.35. The first-order valence-corrected chi connectivity index (χ1v) is 10.1. The molecule has 1 aromatic rings. The Balaban J connectivity index is 0.00000338. The average molecular weight is 404 g/mol. The number of hydrogen-bond acceptors (Lipinski definition) is 4. The molecule has 1 aliphatic heterocycles. The first kappa shape index (κ1) is 22.9. The lowest BCUT2D eigenvalue weighted by atomic mass is 9.87. The third-order valence-corrected chi connectivity index (χ3v) is 6.45. The SMILES string of the molecule is CNCCC(=O)N1CCN(S(=O)(=O)c2ccc(C(C)(C)C)cc2)CC1.Cl. The molecule has 1 saturated heterocycles. The van der Waals surface area contributed by atoms with Gasteiger partial charge < -0.3 is 10.2 Å². The molecule has 0 aliphatic carbocycles. The van der Waals surface area contributed by atoms with Crippen molar-refractivity contribution >= 4 is 28.3 Å². The number of carbonyl (C=O) groups excluding carboxylic acids is 1. The second kappa shape index (κ2) is 9.17. The third-order valence-electron chi connectivity index (χ3n) is 4.54. The molecule has 1 aromatic carbocycles. The highest BCUT2D eigenvalue weighted by atomic mass is 35.5. The number of hydrogen-bond donors (Lipinski definition) is 1. The lowest BCUT2D eigenvalue weighted by molar-refractivity contribution is -0.132. The zero-order chi connectivity index (χ0) is 18.7. The van der Waals surface area contributed by atoms with Crippen LogP contribution in [0.2, 0.25) is 0 Å². The van der Waals surface area contributed by atoms with E-state index >= 15 is 0 Å². The summed E-state index contributed by atoms with van der Waals surface area (Å²) in [6.45, 7) is 8.51. The zero-order valence-corrected chi connectivity index (χ0v) is 17.6. The maximum Gasteiger partial charge on any atom is 0.243 e. The largest absolute Gasteiger partial charge is 0.340 e. The van der Waals surface area contributed by atoms with Crippen molar-refractivity contribution in [3.8, 4) is 0 Å². The van der Waals surface area contributed by atoms with E-state index in [1.165, 1.54) is 4.31 Å². The predicted octanol–water partition coefficient (Wildman–Crippen LogP) is 1.85. The van der Waals surface area contributed by atoms with Crippen LogP contribution >= 0.6 is 12.4 Å². The van der Waals surface area contributed by atoms with Crippen LogP contribution in [-0.2, 0) is 20.2 Å². The molecule has 148 valence electrons. The van der Waals surface area contributed by atoms with E-state index in [1.54, 1.807) is 17.0 Å². The van der Waals surface area contributed by atoms with Crippen LogP contribution < -0.4 is 5.32 Å². The maximum atomic E-state index is 12.8. The van der Waals surface area contributed by atoms with E-state index in [0.29, 0.717) is 44.0 Å². The Morgan fingerprint density at radius 1 is 1.08 bits per heavy atom. The van der Waals surface area contributed by atoms with Crippen LogP contribution in [-0.4, -0.2) is 63.3 Å². The number of piperazine rings is 1. The van der Waals surface area contributed by atoms with Crippen molar-refractivity contribution in [3.63, 3.8) is 0 Å². The zero-order valence-electron chi connectivity index (χ0n) is 16.0. The molecule has 0 aromatic heterocycles. The molecular formula is C18H30ClN3O3S. The Labute approximate surface area is 163 Å².